The van der Waals surface area contributed by atoms with Crippen molar-refractivity contribution in [3.8, 4) is 0 Å². The van der Waals surface area contributed by atoms with Crippen LogP contribution in [0.3, 0.4) is 0 Å². The molecule has 0 heterocycles. The smallest absolute Gasteiger partial charge is 0.252 e. The van der Waals surface area contributed by atoms with Crippen molar-refractivity contribution in [2.75, 3.05) is 11.0 Å². The Morgan fingerprint density at radius 3 is 2.28 bits per heavy atom. The van der Waals surface area contributed by atoms with E-state index in [1.54, 1.807) is 25.1 Å². The molecule has 0 fully saturated rings. The molecule has 2 rings (SSSR count). The summed E-state index contributed by atoms with van der Waals surface area (Å²) in [6.45, 7) is 5.77. The van der Waals surface area contributed by atoms with E-state index in [1.807, 2.05) is 38.1 Å². The van der Waals surface area contributed by atoms with Gasteiger partial charge in [0.05, 0.1) is 18.0 Å². The van der Waals surface area contributed by atoms with Crippen molar-refractivity contribution in [2.45, 2.75) is 33.2 Å². The predicted molar refractivity (Wildman–Crippen MR) is 101 cm³/mol. The average molecular weight is 360 g/mol. The van der Waals surface area contributed by atoms with Gasteiger partial charge in [-0.25, -0.2) is 8.42 Å². The number of aryl methyl sites for hydroxylation is 1. The summed E-state index contributed by atoms with van der Waals surface area (Å²) in [5.41, 5.74) is 3.69. The zero-order valence-electron chi connectivity index (χ0n) is 15.0. The van der Waals surface area contributed by atoms with Gasteiger partial charge in [0, 0.05) is 5.56 Å². The summed E-state index contributed by atoms with van der Waals surface area (Å²) in [5.74, 6) is -0.220. The molecule has 2 N–H and O–H groups in total. The fourth-order valence-electron chi connectivity index (χ4n) is 2.65. The molecule has 0 saturated carbocycles. The molecular formula is C19H24N2O3S. The zero-order valence-corrected chi connectivity index (χ0v) is 15.8. The van der Waals surface area contributed by atoms with Gasteiger partial charge in [0.15, 0.2) is 0 Å². The highest BCUT2D eigenvalue weighted by atomic mass is 32.2. The van der Waals surface area contributed by atoms with E-state index in [4.69, 9.17) is 0 Å². The third-order valence-electron chi connectivity index (χ3n) is 4.07. The van der Waals surface area contributed by atoms with Crippen molar-refractivity contribution < 1.29 is 13.2 Å². The van der Waals surface area contributed by atoms with Gasteiger partial charge in [0.1, 0.15) is 0 Å². The van der Waals surface area contributed by atoms with Crippen LogP contribution >= 0.6 is 0 Å². The molecule has 6 heteroatoms. The molecule has 2 aromatic carbocycles. The predicted octanol–water partition coefficient (Wildman–Crippen LogP) is 3.56. The number of anilines is 1. The second-order valence-corrected chi connectivity index (χ2v) is 7.95. The lowest BCUT2D eigenvalue weighted by atomic mass is 10.0. The van der Waals surface area contributed by atoms with Gasteiger partial charge in [-0.3, -0.25) is 9.52 Å². The maximum Gasteiger partial charge on any atom is 0.252 e. The van der Waals surface area contributed by atoms with Crippen molar-refractivity contribution >= 4 is 21.6 Å². The number of sulfonamides is 1. The minimum absolute atomic E-state index is 0.0981. The second kappa shape index (κ2) is 7.70. The molecule has 25 heavy (non-hydrogen) atoms. The Bertz CT molecular complexity index is 859. The lowest BCUT2D eigenvalue weighted by Gasteiger charge is -2.19. The standard InChI is InChI=1S/C19H24N2O3S/c1-5-17(15-11-9-13(2)10-12-15)20-19(22)16-7-6-8-18(14(16)3)21-25(4,23)24/h6-12,17,21H,5H2,1-4H3,(H,20,22). The first-order valence-corrected chi connectivity index (χ1v) is 10.0. The Kier molecular flexibility index (Phi) is 5.85. The Labute approximate surface area is 149 Å². The number of hydrogen-bond donors (Lipinski definition) is 2. The number of carbonyl (C=O) groups excluding carboxylic acids is 1. The molecule has 1 atom stereocenters. The monoisotopic (exact) mass is 360 g/mol. The van der Waals surface area contributed by atoms with Crippen LogP contribution in [-0.2, 0) is 10.0 Å². The summed E-state index contributed by atoms with van der Waals surface area (Å²) in [6.07, 6.45) is 1.85. The van der Waals surface area contributed by atoms with Gasteiger partial charge in [-0.1, -0.05) is 42.8 Å². The first-order valence-electron chi connectivity index (χ1n) is 8.16. The number of carbonyl (C=O) groups is 1. The van der Waals surface area contributed by atoms with E-state index in [0.29, 0.717) is 16.8 Å². The summed E-state index contributed by atoms with van der Waals surface area (Å²) in [7, 11) is -3.40. The van der Waals surface area contributed by atoms with Crippen LogP contribution in [0.4, 0.5) is 5.69 Å². The summed E-state index contributed by atoms with van der Waals surface area (Å²) in [4.78, 5) is 12.7. The second-order valence-electron chi connectivity index (χ2n) is 6.20. The minimum Gasteiger partial charge on any atom is -0.345 e. The van der Waals surface area contributed by atoms with E-state index in [2.05, 4.69) is 10.0 Å². The lowest BCUT2D eigenvalue weighted by molar-refractivity contribution is 0.0935. The van der Waals surface area contributed by atoms with Gasteiger partial charge in [-0.2, -0.15) is 0 Å². The molecule has 1 amide bonds. The molecule has 0 aromatic heterocycles. The van der Waals surface area contributed by atoms with E-state index in [-0.39, 0.29) is 11.9 Å². The fraction of sp³-hybridized carbons (Fsp3) is 0.316. The Morgan fingerprint density at radius 1 is 1.08 bits per heavy atom. The van der Waals surface area contributed by atoms with E-state index in [0.717, 1.165) is 18.2 Å². The van der Waals surface area contributed by atoms with Crippen molar-refractivity contribution in [3.63, 3.8) is 0 Å². The highest BCUT2D eigenvalue weighted by Gasteiger charge is 2.17. The molecular weight excluding hydrogens is 336 g/mol. The number of benzene rings is 2. The normalized spacial score (nSPS) is 12.5. The number of rotatable bonds is 6. The van der Waals surface area contributed by atoms with Gasteiger partial charge < -0.3 is 5.32 Å². The number of hydrogen-bond acceptors (Lipinski definition) is 3. The minimum atomic E-state index is -3.40. The summed E-state index contributed by atoms with van der Waals surface area (Å²) >= 11 is 0. The van der Waals surface area contributed by atoms with Crippen molar-refractivity contribution in [1.29, 1.82) is 0 Å². The van der Waals surface area contributed by atoms with Crippen LogP contribution < -0.4 is 10.0 Å². The number of nitrogens with one attached hydrogen (secondary N) is 2. The van der Waals surface area contributed by atoms with E-state index < -0.39 is 10.0 Å². The van der Waals surface area contributed by atoms with E-state index in [1.165, 1.54) is 5.56 Å². The van der Waals surface area contributed by atoms with Crippen LogP contribution in [0, 0.1) is 13.8 Å². The third kappa shape index (κ3) is 5.06. The Morgan fingerprint density at radius 2 is 1.72 bits per heavy atom. The average Bonchev–Trinajstić information content (AvgIpc) is 2.54. The van der Waals surface area contributed by atoms with Crippen LogP contribution in [0.15, 0.2) is 42.5 Å². The molecule has 0 aliphatic carbocycles. The quantitative estimate of drug-likeness (QED) is 0.827. The van der Waals surface area contributed by atoms with Gasteiger partial charge in [-0.15, -0.1) is 0 Å². The van der Waals surface area contributed by atoms with Crippen molar-refractivity contribution in [1.82, 2.24) is 5.32 Å². The largest absolute Gasteiger partial charge is 0.345 e. The Hall–Kier alpha value is -2.34. The summed E-state index contributed by atoms with van der Waals surface area (Å²) in [5, 5.41) is 3.03. The van der Waals surface area contributed by atoms with Crippen LogP contribution in [0.2, 0.25) is 0 Å². The van der Waals surface area contributed by atoms with Crippen molar-refractivity contribution in [3.05, 3.63) is 64.7 Å². The van der Waals surface area contributed by atoms with Gasteiger partial charge in [0.2, 0.25) is 10.0 Å². The van der Waals surface area contributed by atoms with E-state index in [9.17, 15) is 13.2 Å². The van der Waals surface area contributed by atoms with Crippen LogP contribution in [0.5, 0.6) is 0 Å². The molecule has 0 bridgehead atoms. The number of amides is 1. The molecule has 5 nitrogen and oxygen atoms in total. The van der Waals surface area contributed by atoms with E-state index >= 15 is 0 Å². The van der Waals surface area contributed by atoms with Crippen molar-refractivity contribution in [2.24, 2.45) is 0 Å². The highest BCUT2D eigenvalue weighted by molar-refractivity contribution is 7.92. The molecule has 134 valence electrons. The van der Waals surface area contributed by atoms with Gasteiger partial charge >= 0.3 is 0 Å². The molecule has 2 aromatic rings. The molecule has 0 radical (unpaired) electrons. The highest BCUT2D eigenvalue weighted by Crippen LogP contribution is 2.22. The van der Waals surface area contributed by atoms with Crippen LogP contribution in [0.25, 0.3) is 0 Å². The summed E-state index contributed by atoms with van der Waals surface area (Å²) < 4.78 is 25.4. The maximum atomic E-state index is 12.7. The molecule has 1 unspecified atom stereocenters. The summed E-state index contributed by atoms with van der Waals surface area (Å²) in [6, 6.07) is 13.0. The molecule has 0 aliphatic rings. The topological polar surface area (TPSA) is 75.3 Å². The first kappa shape index (κ1) is 19.0. The van der Waals surface area contributed by atoms with Crippen LogP contribution in [0.1, 0.15) is 46.4 Å². The van der Waals surface area contributed by atoms with Gasteiger partial charge in [0.25, 0.3) is 5.91 Å². The Balaban J connectivity index is 2.25. The molecule has 0 saturated heterocycles. The maximum absolute atomic E-state index is 12.7. The zero-order chi connectivity index (χ0) is 18.6. The fourth-order valence-corrected chi connectivity index (χ4v) is 3.27. The third-order valence-corrected chi connectivity index (χ3v) is 4.66. The van der Waals surface area contributed by atoms with Crippen LogP contribution in [-0.4, -0.2) is 20.6 Å². The SMILES string of the molecule is CCC(NC(=O)c1cccc(NS(C)(=O)=O)c1C)c1ccc(C)cc1. The lowest BCUT2D eigenvalue weighted by Crippen LogP contribution is -2.29. The first-order chi connectivity index (χ1) is 11.7. The molecule has 0 spiro atoms. The van der Waals surface area contributed by atoms with Gasteiger partial charge in [-0.05, 0) is 43.5 Å². The molecule has 0 aliphatic heterocycles.